The van der Waals surface area contributed by atoms with E-state index in [0.29, 0.717) is 5.54 Å². The van der Waals surface area contributed by atoms with Gasteiger partial charge in [0.1, 0.15) is 0 Å². The molecule has 90 valence electrons. The van der Waals surface area contributed by atoms with Crippen LogP contribution in [0, 0.1) is 5.92 Å². The Morgan fingerprint density at radius 2 is 2.00 bits per heavy atom. The van der Waals surface area contributed by atoms with Gasteiger partial charge in [0.05, 0.1) is 0 Å². The lowest BCUT2D eigenvalue weighted by molar-refractivity contribution is 0.261. The molecule has 1 fully saturated rings. The summed E-state index contributed by atoms with van der Waals surface area (Å²) >= 11 is 0. The van der Waals surface area contributed by atoms with Gasteiger partial charge in [0.25, 0.3) is 0 Å². The van der Waals surface area contributed by atoms with Crippen molar-refractivity contribution < 1.29 is 4.43 Å². The lowest BCUT2D eigenvalue weighted by Crippen LogP contribution is -2.13. The van der Waals surface area contributed by atoms with Crippen molar-refractivity contribution in [2.75, 3.05) is 6.61 Å². The van der Waals surface area contributed by atoms with Gasteiger partial charge in [-0.05, 0) is 29.9 Å². The van der Waals surface area contributed by atoms with Crippen molar-refractivity contribution in [2.45, 2.75) is 31.2 Å². The van der Waals surface area contributed by atoms with Crippen LogP contribution in [0.1, 0.15) is 42.4 Å². The largest absolute Gasteiger partial charge is 0.423 e. The Balaban J connectivity index is 1.52. The molecule has 0 saturated heterocycles. The van der Waals surface area contributed by atoms with Gasteiger partial charge in [-0.2, -0.15) is 0 Å². The van der Waals surface area contributed by atoms with Crippen LogP contribution >= 0.6 is 0 Å². The Morgan fingerprint density at radius 1 is 1.18 bits per heavy atom. The summed E-state index contributed by atoms with van der Waals surface area (Å²) in [4.78, 5) is 0. The molecule has 1 aromatic rings. The predicted molar refractivity (Wildman–Crippen MR) is 74.7 cm³/mol. The number of hydrogen-bond donors (Lipinski definition) is 0. The fourth-order valence-corrected chi connectivity index (χ4v) is 4.53. The molecule has 3 rings (SSSR count). The minimum absolute atomic E-state index is 0.441. The first kappa shape index (κ1) is 11.2. The molecule has 1 nitrogen and oxygen atoms in total. The number of hydrogen-bond acceptors (Lipinski definition) is 1. The summed E-state index contributed by atoms with van der Waals surface area (Å²) in [7, 11) is -0.441. The molecule has 1 saturated carbocycles. The van der Waals surface area contributed by atoms with E-state index in [0.717, 1.165) is 12.5 Å². The SMILES string of the molecule is C1=CC([SiH2]OCC2CCCC2)c2ccccc21. The highest BCUT2D eigenvalue weighted by molar-refractivity contribution is 6.31. The molecule has 0 spiro atoms. The second kappa shape index (κ2) is 5.19. The van der Waals surface area contributed by atoms with E-state index < -0.39 is 9.76 Å². The van der Waals surface area contributed by atoms with Gasteiger partial charge in [0, 0.05) is 12.1 Å². The minimum Gasteiger partial charge on any atom is -0.423 e. The van der Waals surface area contributed by atoms with E-state index in [9.17, 15) is 0 Å². The van der Waals surface area contributed by atoms with Crippen molar-refractivity contribution in [1.82, 2.24) is 0 Å². The molecule has 0 radical (unpaired) electrons. The highest BCUT2D eigenvalue weighted by Crippen LogP contribution is 2.29. The highest BCUT2D eigenvalue weighted by atomic mass is 28.2. The third-order valence-electron chi connectivity index (χ3n) is 4.03. The first-order valence-corrected chi connectivity index (χ1v) is 8.18. The number of fused-ring (bicyclic) bond motifs is 1. The van der Waals surface area contributed by atoms with Crippen LogP contribution in [0.15, 0.2) is 30.3 Å². The zero-order valence-corrected chi connectivity index (χ0v) is 11.7. The summed E-state index contributed by atoms with van der Waals surface area (Å²) in [5.41, 5.74) is 3.51. The Hall–Kier alpha value is -0.863. The molecule has 1 aromatic carbocycles. The quantitative estimate of drug-likeness (QED) is 0.740. The van der Waals surface area contributed by atoms with Gasteiger partial charge in [0.15, 0.2) is 9.76 Å². The maximum atomic E-state index is 6.05. The molecule has 0 N–H and O–H groups in total. The van der Waals surface area contributed by atoms with Crippen molar-refractivity contribution in [3.05, 3.63) is 41.5 Å². The fraction of sp³-hybridized carbons (Fsp3) is 0.467. The van der Waals surface area contributed by atoms with Gasteiger partial charge in [-0.15, -0.1) is 0 Å². The molecule has 2 aliphatic carbocycles. The maximum Gasteiger partial charge on any atom is 0.172 e. The van der Waals surface area contributed by atoms with Crippen LogP contribution < -0.4 is 0 Å². The molecular formula is C15H20OSi. The van der Waals surface area contributed by atoms with Gasteiger partial charge < -0.3 is 4.43 Å². The van der Waals surface area contributed by atoms with Crippen LogP contribution in [0.3, 0.4) is 0 Å². The van der Waals surface area contributed by atoms with Crippen LogP contribution in [0.2, 0.25) is 0 Å². The van der Waals surface area contributed by atoms with Gasteiger partial charge in [-0.1, -0.05) is 49.3 Å². The summed E-state index contributed by atoms with van der Waals surface area (Å²) in [6.07, 6.45) is 10.2. The molecule has 0 amide bonds. The lowest BCUT2D eigenvalue weighted by atomic mass is 10.1. The Morgan fingerprint density at radius 3 is 2.88 bits per heavy atom. The monoisotopic (exact) mass is 244 g/mol. The van der Waals surface area contributed by atoms with Crippen molar-refractivity contribution in [2.24, 2.45) is 5.92 Å². The highest BCUT2D eigenvalue weighted by Gasteiger charge is 2.19. The molecule has 2 aliphatic rings. The Bertz CT molecular complexity index is 407. The molecule has 0 aromatic heterocycles. The number of allylic oxidation sites excluding steroid dienone is 1. The van der Waals surface area contributed by atoms with Crippen molar-refractivity contribution in [1.29, 1.82) is 0 Å². The van der Waals surface area contributed by atoms with Crippen LogP contribution in [-0.2, 0) is 4.43 Å². The van der Waals surface area contributed by atoms with Crippen LogP contribution in [-0.4, -0.2) is 16.4 Å². The summed E-state index contributed by atoms with van der Waals surface area (Å²) in [5, 5.41) is 0. The van der Waals surface area contributed by atoms with Crippen LogP contribution in [0.4, 0.5) is 0 Å². The molecule has 0 heterocycles. The molecular weight excluding hydrogens is 224 g/mol. The maximum absolute atomic E-state index is 6.05. The lowest BCUT2D eigenvalue weighted by Gasteiger charge is -2.14. The molecule has 0 aliphatic heterocycles. The molecule has 1 unspecified atom stereocenters. The topological polar surface area (TPSA) is 9.23 Å². The van der Waals surface area contributed by atoms with E-state index in [2.05, 4.69) is 36.4 Å². The van der Waals surface area contributed by atoms with E-state index >= 15 is 0 Å². The van der Waals surface area contributed by atoms with Crippen molar-refractivity contribution in [3.8, 4) is 0 Å². The molecule has 17 heavy (non-hydrogen) atoms. The van der Waals surface area contributed by atoms with Gasteiger partial charge in [-0.3, -0.25) is 0 Å². The normalized spacial score (nSPS) is 23.9. The first-order chi connectivity index (χ1) is 8.43. The zero-order valence-electron chi connectivity index (χ0n) is 10.3. The summed E-state index contributed by atoms with van der Waals surface area (Å²) < 4.78 is 6.05. The second-order valence-corrected chi connectivity index (χ2v) is 6.90. The van der Waals surface area contributed by atoms with Crippen LogP contribution in [0.5, 0.6) is 0 Å². The van der Waals surface area contributed by atoms with Gasteiger partial charge in [0.2, 0.25) is 0 Å². The third kappa shape index (κ3) is 2.53. The fourth-order valence-electron chi connectivity index (χ4n) is 3.01. The zero-order chi connectivity index (χ0) is 11.5. The van der Waals surface area contributed by atoms with E-state index in [1.807, 2.05) is 0 Å². The van der Waals surface area contributed by atoms with E-state index in [-0.39, 0.29) is 0 Å². The first-order valence-electron chi connectivity index (χ1n) is 6.78. The van der Waals surface area contributed by atoms with Crippen molar-refractivity contribution >= 4 is 15.8 Å². The average molecular weight is 244 g/mol. The van der Waals surface area contributed by atoms with Gasteiger partial charge in [-0.25, -0.2) is 0 Å². The standard InChI is InChI=1S/C15H20OSi/c1-2-6-12(5-1)11-16-17-15-10-9-13-7-3-4-8-14(13)15/h3-4,7-10,12,15H,1-2,5-6,11,17H2. The molecule has 2 heteroatoms. The van der Waals surface area contributed by atoms with Crippen molar-refractivity contribution in [3.63, 3.8) is 0 Å². The minimum atomic E-state index is -0.441. The smallest absolute Gasteiger partial charge is 0.172 e. The molecule has 0 bridgehead atoms. The third-order valence-corrected chi connectivity index (χ3v) is 5.57. The van der Waals surface area contributed by atoms with E-state index in [1.165, 1.54) is 36.8 Å². The van der Waals surface area contributed by atoms with Gasteiger partial charge >= 0.3 is 0 Å². The predicted octanol–water partition coefficient (Wildman–Crippen LogP) is 3.05. The molecule has 1 atom stereocenters. The summed E-state index contributed by atoms with van der Waals surface area (Å²) in [6.45, 7) is 1.03. The number of benzene rings is 1. The second-order valence-electron chi connectivity index (χ2n) is 5.28. The Kier molecular flexibility index (Phi) is 3.43. The van der Waals surface area contributed by atoms with E-state index in [4.69, 9.17) is 4.43 Å². The van der Waals surface area contributed by atoms with Crippen LogP contribution in [0.25, 0.3) is 6.08 Å². The number of rotatable bonds is 4. The summed E-state index contributed by atoms with van der Waals surface area (Å²) in [5.74, 6) is 0.864. The summed E-state index contributed by atoms with van der Waals surface area (Å²) in [6, 6.07) is 8.72. The van der Waals surface area contributed by atoms with E-state index in [1.54, 1.807) is 0 Å². The average Bonchev–Trinajstić information content (AvgIpc) is 2.99. The Labute approximate surface area is 106 Å².